The van der Waals surface area contributed by atoms with Gasteiger partial charge in [-0.3, -0.25) is 0 Å². The molecule has 0 saturated heterocycles. The maximum atomic E-state index is 11.6. The van der Waals surface area contributed by atoms with E-state index in [1.807, 2.05) is 52.0 Å². The summed E-state index contributed by atoms with van der Waals surface area (Å²) < 4.78 is 15.4. The molecular weight excluding hydrogens is 206 g/mol. The van der Waals surface area contributed by atoms with Gasteiger partial charge in [-0.25, -0.2) is 4.21 Å². The molecule has 0 unspecified atom stereocenters. The Morgan fingerprint density at radius 2 is 1.73 bits per heavy atom. The van der Waals surface area contributed by atoms with Crippen LogP contribution in [0.25, 0.3) is 0 Å². The fourth-order valence-corrected chi connectivity index (χ4v) is 1.45. The summed E-state index contributed by atoms with van der Waals surface area (Å²) in [5, 5.41) is 0. The van der Waals surface area contributed by atoms with Gasteiger partial charge in [-0.1, -0.05) is 29.8 Å². The fourth-order valence-electron chi connectivity index (χ4n) is 0.919. The second kappa shape index (κ2) is 4.71. The van der Waals surface area contributed by atoms with E-state index in [9.17, 15) is 4.21 Å². The molecule has 0 aliphatic carbocycles. The van der Waals surface area contributed by atoms with Crippen molar-refractivity contribution in [1.29, 1.82) is 0 Å². The summed E-state index contributed by atoms with van der Waals surface area (Å²) in [6.45, 7) is 7.77. The zero-order valence-electron chi connectivity index (χ0n) is 9.65. The van der Waals surface area contributed by atoms with Crippen molar-refractivity contribution in [3.63, 3.8) is 0 Å². The molecule has 0 N–H and O–H groups in total. The van der Waals surface area contributed by atoms with Crippen molar-refractivity contribution in [2.75, 3.05) is 0 Å². The number of nitrogens with zero attached hydrogens (tertiary/aromatic N) is 1. The van der Waals surface area contributed by atoms with E-state index < -0.39 is 11.0 Å². The highest BCUT2D eigenvalue weighted by atomic mass is 32.2. The molecule has 0 fully saturated rings. The van der Waals surface area contributed by atoms with E-state index in [2.05, 4.69) is 4.40 Å². The first-order valence-electron chi connectivity index (χ1n) is 4.92. The van der Waals surface area contributed by atoms with E-state index in [4.69, 9.17) is 0 Å². The van der Waals surface area contributed by atoms with Crippen LogP contribution in [-0.2, 0) is 11.0 Å². The third kappa shape index (κ3) is 3.96. The van der Waals surface area contributed by atoms with Crippen molar-refractivity contribution in [2.24, 2.45) is 4.40 Å². The second-order valence-electron chi connectivity index (χ2n) is 4.51. The smallest absolute Gasteiger partial charge is 0.144 e. The third-order valence-electron chi connectivity index (χ3n) is 1.90. The predicted octanol–water partition coefficient (Wildman–Crippen LogP) is 2.88. The van der Waals surface area contributed by atoms with Crippen molar-refractivity contribution < 1.29 is 4.21 Å². The summed E-state index contributed by atoms with van der Waals surface area (Å²) in [7, 11) is -1.17. The van der Waals surface area contributed by atoms with Crippen LogP contribution >= 0.6 is 0 Å². The molecule has 0 heterocycles. The standard InChI is InChI=1S/C12H17NOS/c1-10-5-7-11(8-6-10)9-13-15(14)12(2,3)4/h5-9H,1-4H3/t15-/m1/s1. The maximum absolute atomic E-state index is 11.6. The van der Waals surface area contributed by atoms with Crippen molar-refractivity contribution in [1.82, 2.24) is 0 Å². The maximum Gasteiger partial charge on any atom is 0.144 e. The number of hydrogen-bond acceptors (Lipinski definition) is 1. The Kier molecular flexibility index (Phi) is 3.80. The highest BCUT2D eigenvalue weighted by Gasteiger charge is 2.17. The Bertz CT molecular complexity index is 374. The molecule has 1 rings (SSSR count). The van der Waals surface area contributed by atoms with Gasteiger partial charge in [0.1, 0.15) is 11.0 Å². The minimum absolute atomic E-state index is 0.290. The molecule has 3 heteroatoms. The van der Waals surface area contributed by atoms with E-state index in [0.717, 1.165) is 5.56 Å². The quantitative estimate of drug-likeness (QED) is 0.709. The molecule has 1 atom stereocenters. The molecule has 15 heavy (non-hydrogen) atoms. The monoisotopic (exact) mass is 223 g/mol. The lowest BCUT2D eigenvalue weighted by Crippen LogP contribution is -2.19. The minimum atomic E-state index is -1.17. The van der Waals surface area contributed by atoms with E-state index in [-0.39, 0.29) is 4.75 Å². The number of benzene rings is 1. The van der Waals surface area contributed by atoms with Gasteiger partial charge in [0.25, 0.3) is 0 Å². The third-order valence-corrected chi connectivity index (χ3v) is 3.24. The minimum Gasteiger partial charge on any atom is -0.234 e. The van der Waals surface area contributed by atoms with Gasteiger partial charge in [0.05, 0.1) is 4.75 Å². The lowest BCUT2D eigenvalue weighted by Gasteiger charge is -2.12. The first-order valence-corrected chi connectivity index (χ1v) is 6.03. The Morgan fingerprint density at radius 3 is 2.20 bits per heavy atom. The molecule has 0 aliphatic heterocycles. The van der Waals surface area contributed by atoms with Crippen molar-refractivity contribution >= 4 is 17.2 Å². The average molecular weight is 223 g/mol. The molecule has 0 saturated carbocycles. The second-order valence-corrected chi connectivity index (χ2v) is 6.44. The van der Waals surface area contributed by atoms with Gasteiger partial charge in [-0.05, 0) is 33.3 Å². The van der Waals surface area contributed by atoms with E-state index in [1.54, 1.807) is 6.21 Å². The molecule has 0 aromatic heterocycles. The normalized spacial score (nSPS) is 14.4. The van der Waals surface area contributed by atoms with Gasteiger partial charge in [0.2, 0.25) is 0 Å². The van der Waals surface area contributed by atoms with Crippen LogP contribution < -0.4 is 0 Å². The van der Waals surface area contributed by atoms with E-state index >= 15 is 0 Å². The van der Waals surface area contributed by atoms with E-state index in [1.165, 1.54) is 5.56 Å². The van der Waals surface area contributed by atoms with Crippen molar-refractivity contribution in [3.05, 3.63) is 35.4 Å². The van der Waals surface area contributed by atoms with Crippen LogP contribution in [0, 0.1) is 6.92 Å². The number of hydrogen-bond donors (Lipinski definition) is 0. The number of rotatable bonds is 2. The van der Waals surface area contributed by atoms with Gasteiger partial charge >= 0.3 is 0 Å². The molecule has 82 valence electrons. The SMILES string of the molecule is Cc1ccc(C=N[S@](=O)C(C)(C)C)cc1. The highest BCUT2D eigenvalue weighted by Crippen LogP contribution is 2.12. The molecule has 0 aliphatic rings. The lowest BCUT2D eigenvalue weighted by molar-refractivity contribution is 0.651. The Hall–Kier alpha value is -0.960. The Balaban J connectivity index is 2.74. The van der Waals surface area contributed by atoms with Crippen LogP contribution in [0.3, 0.4) is 0 Å². The fraction of sp³-hybridized carbons (Fsp3) is 0.417. The topological polar surface area (TPSA) is 29.4 Å². The van der Waals surface area contributed by atoms with Crippen LogP contribution in [0.2, 0.25) is 0 Å². The van der Waals surface area contributed by atoms with Crippen LogP contribution in [0.5, 0.6) is 0 Å². The first-order chi connectivity index (χ1) is 6.89. The predicted molar refractivity (Wildman–Crippen MR) is 66.7 cm³/mol. The average Bonchev–Trinajstić information content (AvgIpc) is 2.15. The summed E-state index contributed by atoms with van der Waals surface area (Å²) in [4.78, 5) is 0. The zero-order chi connectivity index (χ0) is 11.5. The van der Waals surface area contributed by atoms with Crippen molar-refractivity contribution in [2.45, 2.75) is 32.4 Å². The molecule has 0 amide bonds. The highest BCUT2D eigenvalue weighted by molar-refractivity contribution is 7.85. The summed E-state index contributed by atoms with van der Waals surface area (Å²) in [5.74, 6) is 0. The molecule has 1 aromatic rings. The molecule has 1 aromatic carbocycles. The number of aryl methyl sites for hydroxylation is 1. The van der Waals surface area contributed by atoms with Crippen LogP contribution in [-0.4, -0.2) is 15.2 Å². The van der Waals surface area contributed by atoms with Crippen molar-refractivity contribution in [3.8, 4) is 0 Å². The van der Waals surface area contributed by atoms with Gasteiger partial charge in [0, 0.05) is 6.21 Å². The molecule has 0 bridgehead atoms. The summed E-state index contributed by atoms with van der Waals surface area (Å²) in [5.41, 5.74) is 2.20. The van der Waals surface area contributed by atoms with E-state index in [0.29, 0.717) is 0 Å². The van der Waals surface area contributed by atoms with Crippen LogP contribution in [0.15, 0.2) is 28.7 Å². The van der Waals surface area contributed by atoms with Crippen LogP contribution in [0.4, 0.5) is 0 Å². The molecule has 2 nitrogen and oxygen atoms in total. The van der Waals surface area contributed by atoms with Crippen LogP contribution in [0.1, 0.15) is 31.9 Å². The Labute approximate surface area is 94.0 Å². The largest absolute Gasteiger partial charge is 0.234 e. The lowest BCUT2D eigenvalue weighted by atomic mass is 10.2. The summed E-state index contributed by atoms with van der Waals surface area (Å²) >= 11 is 0. The summed E-state index contributed by atoms with van der Waals surface area (Å²) in [6.07, 6.45) is 1.67. The first kappa shape index (κ1) is 12.1. The zero-order valence-corrected chi connectivity index (χ0v) is 10.5. The van der Waals surface area contributed by atoms with Gasteiger partial charge in [-0.15, -0.1) is 0 Å². The molecular formula is C12H17NOS. The van der Waals surface area contributed by atoms with Gasteiger partial charge < -0.3 is 0 Å². The molecule has 0 radical (unpaired) electrons. The Morgan fingerprint density at radius 1 is 1.20 bits per heavy atom. The molecule has 0 spiro atoms. The van der Waals surface area contributed by atoms with Gasteiger partial charge in [-0.2, -0.15) is 4.40 Å². The van der Waals surface area contributed by atoms with Gasteiger partial charge in [0.15, 0.2) is 0 Å². The summed E-state index contributed by atoms with van der Waals surface area (Å²) in [6, 6.07) is 7.97.